The molecule has 4 aromatic rings. The number of piperidine rings is 1. The quantitative estimate of drug-likeness (QED) is 0.181. The Labute approximate surface area is 313 Å². The number of nitrogens with zero attached hydrogens (tertiary/aromatic N) is 8. The highest BCUT2D eigenvalue weighted by molar-refractivity contribution is 5.97. The van der Waals surface area contributed by atoms with E-state index in [0.29, 0.717) is 18.7 Å². The van der Waals surface area contributed by atoms with Crippen molar-refractivity contribution in [2.24, 2.45) is 0 Å². The second-order valence-electron chi connectivity index (χ2n) is 13.6. The van der Waals surface area contributed by atoms with Gasteiger partial charge in [-0.25, -0.2) is 13.2 Å². The third-order valence-electron chi connectivity index (χ3n) is 10.6. The molecule has 0 aliphatic carbocycles. The Kier molecular flexibility index (Phi) is 14.1. The number of tetrazole rings is 1. The van der Waals surface area contributed by atoms with Crippen LogP contribution in [0.4, 0.5) is 17.6 Å². The number of piperazine rings is 1. The number of methoxy groups -OCH3 is 1. The van der Waals surface area contributed by atoms with E-state index >= 15 is 0 Å². The monoisotopic (exact) mass is 752 g/mol. The van der Waals surface area contributed by atoms with Gasteiger partial charge in [0, 0.05) is 45.7 Å². The Morgan fingerprint density at radius 2 is 1.57 bits per heavy atom. The van der Waals surface area contributed by atoms with Crippen LogP contribution in [0.25, 0.3) is 5.69 Å². The van der Waals surface area contributed by atoms with E-state index in [1.54, 1.807) is 36.2 Å². The lowest BCUT2D eigenvalue weighted by molar-refractivity contribution is -0.141. The number of likely N-dealkylation sites (N-methyl/N-ethyl adjacent to an activating group) is 2. The van der Waals surface area contributed by atoms with Crippen molar-refractivity contribution in [3.05, 3.63) is 101 Å². The van der Waals surface area contributed by atoms with E-state index in [9.17, 15) is 27.2 Å². The van der Waals surface area contributed by atoms with Gasteiger partial charge in [-0.05, 0) is 97.3 Å². The van der Waals surface area contributed by atoms with Crippen molar-refractivity contribution in [1.82, 2.24) is 39.8 Å². The minimum absolute atomic E-state index is 0.108. The molecule has 11 nitrogen and oxygen atoms in total. The fraction of sp³-hybridized carbons (Fsp3) is 0.462. The standard InChI is InChI=1S/C38H46F2N8O3.CH2F2/c1-4-45-22-24-47(25-23-45)36(50)38(30-8-6-5-7-9-30)17-20-46(21-18-38)19-16-29(28-10-12-31(39)13-11-28)27-44(2)35(49)33-26-32(14-15-34(33)51-3)48-37(40)41-42-43-48;2-1-3/h5-15,26,29H,4,16-25,27H2,1-3H3;1H2/t29-;/m1./s1. The number of amides is 2. The molecule has 2 aliphatic heterocycles. The first-order valence-corrected chi connectivity index (χ1v) is 18.2. The second-order valence-corrected chi connectivity index (χ2v) is 13.6. The molecule has 15 heteroatoms. The van der Waals surface area contributed by atoms with E-state index < -0.39 is 18.4 Å². The molecule has 3 heterocycles. The predicted octanol–water partition coefficient (Wildman–Crippen LogP) is 5.28. The topological polar surface area (TPSA) is 99.9 Å². The molecule has 0 bridgehead atoms. The highest BCUT2D eigenvalue weighted by Gasteiger charge is 2.45. The number of carbonyl (C=O) groups is 2. The summed E-state index contributed by atoms with van der Waals surface area (Å²) in [6.45, 7) is 7.33. The molecular weight excluding hydrogens is 704 g/mol. The van der Waals surface area contributed by atoms with Crippen molar-refractivity contribution in [3.63, 3.8) is 0 Å². The van der Waals surface area contributed by atoms with Crippen LogP contribution in [0.15, 0.2) is 72.8 Å². The molecule has 54 heavy (non-hydrogen) atoms. The Hall–Kier alpha value is -4.89. The molecule has 2 fully saturated rings. The van der Waals surface area contributed by atoms with Gasteiger partial charge < -0.3 is 24.3 Å². The van der Waals surface area contributed by atoms with Gasteiger partial charge in [0.25, 0.3) is 5.91 Å². The molecule has 2 amide bonds. The number of likely N-dealkylation sites (tertiary alicyclic amines) is 1. The lowest BCUT2D eigenvalue weighted by Crippen LogP contribution is -2.57. The average Bonchev–Trinajstić information content (AvgIpc) is 3.65. The molecule has 0 unspecified atom stereocenters. The van der Waals surface area contributed by atoms with Crippen molar-refractivity contribution in [3.8, 4) is 11.4 Å². The van der Waals surface area contributed by atoms with Crippen LogP contribution in [0.3, 0.4) is 0 Å². The van der Waals surface area contributed by atoms with Gasteiger partial charge in [-0.2, -0.15) is 9.07 Å². The van der Waals surface area contributed by atoms with Crippen LogP contribution in [0.5, 0.6) is 5.75 Å². The van der Waals surface area contributed by atoms with Crippen LogP contribution in [-0.4, -0.2) is 132 Å². The van der Waals surface area contributed by atoms with Gasteiger partial charge in [-0.15, -0.1) is 0 Å². The van der Waals surface area contributed by atoms with Gasteiger partial charge in [-0.1, -0.05) is 54.5 Å². The van der Waals surface area contributed by atoms with Crippen LogP contribution >= 0.6 is 0 Å². The van der Waals surface area contributed by atoms with Crippen LogP contribution in [0.1, 0.15) is 53.6 Å². The molecule has 1 aromatic heterocycles. The summed E-state index contributed by atoms with van der Waals surface area (Å²) in [6, 6.07) is 21.3. The molecule has 0 N–H and O–H groups in total. The van der Waals surface area contributed by atoms with E-state index in [1.165, 1.54) is 25.3 Å². The van der Waals surface area contributed by atoms with Crippen molar-refractivity contribution in [2.75, 3.05) is 80.0 Å². The molecule has 1 atom stereocenters. The van der Waals surface area contributed by atoms with E-state index in [4.69, 9.17) is 4.74 Å². The van der Waals surface area contributed by atoms with E-state index in [2.05, 4.69) is 49.3 Å². The Morgan fingerprint density at radius 3 is 2.17 bits per heavy atom. The first kappa shape index (κ1) is 40.3. The van der Waals surface area contributed by atoms with Gasteiger partial charge in [0.15, 0.2) is 0 Å². The highest BCUT2D eigenvalue weighted by Crippen LogP contribution is 2.38. The molecular formula is C39H48F4N8O3. The molecule has 0 radical (unpaired) electrons. The number of halogens is 4. The third-order valence-corrected chi connectivity index (χ3v) is 10.6. The summed E-state index contributed by atoms with van der Waals surface area (Å²) in [6.07, 6.45) is 1.26. The number of hydrogen-bond donors (Lipinski definition) is 0. The SMILES string of the molecule is CCN1CCN(C(=O)C2(c3ccccc3)CCN(CC[C@H](CN(C)C(=O)c3cc(-n4nnnc4F)ccc3OC)c3ccc(F)cc3)CC2)CC1.FCF. The van der Waals surface area contributed by atoms with Crippen LogP contribution in [-0.2, 0) is 10.2 Å². The van der Waals surface area contributed by atoms with Crippen LogP contribution in [0, 0.1) is 11.9 Å². The maximum atomic E-state index is 14.3. The fourth-order valence-corrected chi connectivity index (χ4v) is 7.50. The smallest absolute Gasteiger partial charge is 0.331 e. The van der Waals surface area contributed by atoms with Crippen LogP contribution in [0.2, 0.25) is 0 Å². The summed E-state index contributed by atoms with van der Waals surface area (Å²) < 4.78 is 53.8. The Morgan fingerprint density at radius 1 is 0.907 bits per heavy atom. The van der Waals surface area contributed by atoms with Gasteiger partial charge in [-0.3, -0.25) is 9.59 Å². The van der Waals surface area contributed by atoms with E-state index in [1.807, 2.05) is 18.2 Å². The summed E-state index contributed by atoms with van der Waals surface area (Å²) in [4.78, 5) is 36.6. The zero-order valence-electron chi connectivity index (χ0n) is 31.0. The normalized spacial score (nSPS) is 16.6. The first-order chi connectivity index (χ1) is 26.1. The van der Waals surface area contributed by atoms with Crippen molar-refractivity contribution >= 4 is 11.8 Å². The lowest BCUT2D eigenvalue weighted by atomic mass is 9.71. The molecule has 290 valence electrons. The summed E-state index contributed by atoms with van der Waals surface area (Å²) in [5.74, 6) is -0.191. The van der Waals surface area contributed by atoms with Crippen molar-refractivity contribution in [2.45, 2.75) is 37.5 Å². The lowest BCUT2D eigenvalue weighted by Gasteiger charge is -2.45. The zero-order valence-corrected chi connectivity index (χ0v) is 31.0. The van der Waals surface area contributed by atoms with Crippen molar-refractivity contribution < 1.29 is 31.9 Å². The number of alkyl halides is 2. The largest absolute Gasteiger partial charge is 0.496 e. The summed E-state index contributed by atoms with van der Waals surface area (Å²) in [5, 5.41) is 10.3. The molecule has 6 rings (SSSR count). The molecule has 0 saturated carbocycles. The number of benzene rings is 3. The number of aromatic nitrogens is 4. The fourth-order valence-electron chi connectivity index (χ4n) is 7.50. The molecule has 0 spiro atoms. The summed E-state index contributed by atoms with van der Waals surface area (Å²) in [7, 11) is 3.18. The minimum Gasteiger partial charge on any atom is -0.496 e. The van der Waals surface area contributed by atoms with Gasteiger partial charge in [0.2, 0.25) is 12.8 Å². The maximum Gasteiger partial charge on any atom is 0.331 e. The van der Waals surface area contributed by atoms with Gasteiger partial charge in [0.1, 0.15) is 11.6 Å². The number of carbonyl (C=O) groups excluding carboxylic acids is 2. The maximum absolute atomic E-state index is 14.3. The average molecular weight is 753 g/mol. The summed E-state index contributed by atoms with van der Waals surface area (Å²) in [5.41, 5.74) is 1.96. The Bertz CT molecular complexity index is 1800. The minimum atomic E-state index is -1.75. The van der Waals surface area contributed by atoms with Crippen molar-refractivity contribution in [1.29, 1.82) is 0 Å². The number of ether oxygens (including phenoxy) is 1. The number of rotatable bonds is 12. The highest BCUT2D eigenvalue weighted by atomic mass is 19.3. The zero-order chi connectivity index (χ0) is 38.7. The van der Waals surface area contributed by atoms with Gasteiger partial charge >= 0.3 is 6.08 Å². The first-order valence-electron chi connectivity index (χ1n) is 18.2. The predicted molar refractivity (Wildman–Crippen MR) is 196 cm³/mol. The third kappa shape index (κ3) is 9.42. The molecule has 2 saturated heterocycles. The summed E-state index contributed by atoms with van der Waals surface area (Å²) >= 11 is 0. The number of hydrogen-bond acceptors (Lipinski definition) is 8. The second kappa shape index (κ2) is 18.9. The van der Waals surface area contributed by atoms with Gasteiger partial charge in [0.05, 0.1) is 23.8 Å². The van der Waals surface area contributed by atoms with Crippen LogP contribution < -0.4 is 4.74 Å². The van der Waals surface area contributed by atoms with E-state index in [0.717, 1.165) is 81.0 Å². The van der Waals surface area contributed by atoms with E-state index in [-0.39, 0.29) is 34.8 Å². The Balaban J connectivity index is 0.00000181. The molecule has 3 aromatic carbocycles. The molecule has 2 aliphatic rings.